The van der Waals surface area contributed by atoms with Crippen molar-refractivity contribution in [1.82, 2.24) is 20.4 Å². The summed E-state index contributed by atoms with van der Waals surface area (Å²) >= 11 is 0. The van der Waals surface area contributed by atoms with E-state index in [9.17, 15) is 4.79 Å². The molecule has 134 valence electrons. The molecule has 0 saturated carbocycles. The van der Waals surface area contributed by atoms with E-state index in [0.29, 0.717) is 6.54 Å². The van der Waals surface area contributed by atoms with E-state index in [1.165, 1.54) is 0 Å². The van der Waals surface area contributed by atoms with Crippen molar-refractivity contribution in [3.05, 3.63) is 48.3 Å². The molecular formula is C19H26N4O2. The maximum atomic E-state index is 13.0. The summed E-state index contributed by atoms with van der Waals surface area (Å²) in [7, 11) is 0. The van der Waals surface area contributed by atoms with E-state index >= 15 is 0 Å². The molecule has 0 radical (unpaired) electrons. The summed E-state index contributed by atoms with van der Waals surface area (Å²) in [5, 5.41) is 10.7. The van der Waals surface area contributed by atoms with Crippen LogP contribution < -0.4 is 15.4 Å². The lowest BCUT2D eigenvalue weighted by Crippen LogP contribution is -2.54. The Labute approximate surface area is 148 Å². The smallest absolute Gasteiger partial charge is 0.248 e. The highest BCUT2D eigenvalue weighted by Crippen LogP contribution is 2.27. The monoisotopic (exact) mass is 342 g/mol. The molecule has 0 atom stereocenters. The van der Waals surface area contributed by atoms with Gasteiger partial charge in [-0.25, -0.2) is 0 Å². The lowest BCUT2D eigenvalue weighted by atomic mass is 9.87. The van der Waals surface area contributed by atoms with Crippen molar-refractivity contribution in [1.29, 1.82) is 0 Å². The molecule has 0 bridgehead atoms. The molecule has 2 heterocycles. The summed E-state index contributed by atoms with van der Waals surface area (Å²) in [5.41, 5.74) is 0.448. The molecule has 1 fully saturated rings. The second-order valence-corrected chi connectivity index (χ2v) is 6.73. The maximum Gasteiger partial charge on any atom is 0.248 e. The van der Waals surface area contributed by atoms with Gasteiger partial charge in [-0.1, -0.05) is 12.1 Å². The van der Waals surface area contributed by atoms with Crippen LogP contribution in [0.15, 0.2) is 42.7 Å². The van der Waals surface area contributed by atoms with E-state index in [1.807, 2.05) is 55.1 Å². The number of carbonyl (C=O) groups excluding carboxylic acids is 1. The number of nitrogens with one attached hydrogen (secondary N) is 2. The molecule has 0 spiro atoms. The molecule has 1 saturated heterocycles. The number of aromatic nitrogens is 2. The third-order valence-corrected chi connectivity index (χ3v) is 4.54. The van der Waals surface area contributed by atoms with Crippen molar-refractivity contribution < 1.29 is 9.53 Å². The van der Waals surface area contributed by atoms with E-state index in [2.05, 4.69) is 15.7 Å². The normalized spacial score (nSPS) is 16.6. The van der Waals surface area contributed by atoms with Crippen LogP contribution in [0.25, 0.3) is 0 Å². The van der Waals surface area contributed by atoms with Crippen molar-refractivity contribution in [3.63, 3.8) is 0 Å². The fourth-order valence-electron chi connectivity index (χ4n) is 3.23. The molecule has 3 rings (SSSR count). The Hall–Kier alpha value is -2.34. The van der Waals surface area contributed by atoms with E-state index in [-0.39, 0.29) is 12.0 Å². The maximum absolute atomic E-state index is 13.0. The number of amides is 1. The van der Waals surface area contributed by atoms with Crippen LogP contribution in [-0.4, -0.2) is 34.9 Å². The van der Waals surface area contributed by atoms with Gasteiger partial charge in [0.25, 0.3) is 0 Å². The number of hydrogen-bond acceptors (Lipinski definition) is 4. The molecule has 25 heavy (non-hydrogen) atoms. The highest BCUT2D eigenvalue weighted by atomic mass is 16.5. The zero-order chi connectivity index (χ0) is 17.7. The predicted molar refractivity (Wildman–Crippen MR) is 96.4 cm³/mol. The topological polar surface area (TPSA) is 68.2 Å². The summed E-state index contributed by atoms with van der Waals surface area (Å²) in [6.07, 6.45) is 5.23. The van der Waals surface area contributed by atoms with Crippen LogP contribution in [-0.2, 0) is 16.9 Å². The molecule has 6 heteroatoms. The molecule has 0 unspecified atom stereocenters. The van der Waals surface area contributed by atoms with Gasteiger partial charge >= 0.3 is 0 Å². The summed E-state index contributed by atoms with van der Waals surface area (Å²) in [4.78, 5) is 13.0. The van der Waals surface area contributed by atoms with Crippen LogP contribution in [0.4, 0.5) is 0 Å². The van der Waals surface area contributed by atoms with Gasteiger partial charge in [-0.05, 0) is 63.5 Å². The second-order valence-electron chi connectivity index (χ2n) is 6.73. The summed E-state index contributed by atoms with van der Waals surface area (Å²) in [5.74, 6) is 0.872. The van der Waals surface area contributed by atoms with Gasteiger partial charge in [-0.3, -0.25) is 9.48 Å². The van der Waals surface area contributed by atoms with Crippen LogP contribution in [0.2, 0.25) is 0 Å². The zero-order valence-corrected chi connectivity index (χ0v) is 14.9. The van der Waals surface area contributed by atoms with Gasteiger partial charge < -0.3 is 15.4 Å². The van der Waals surface area contributed by atoms with Gasteiger partial charge in [0.1, 0.15) is 11.3 Å². The highest BCUT2D eigenvalue weighted by Gasteiger charge is 2.41. The lowest BCUT2D eigenvalue weighted by Gasteiger charge is -2.36. The van der Waals surface area contributed by atoms with E-state index in [0.717, 1.165) is 37.2 Å². The summed E-state index contributed by atoms with van der Waals surface area (Å²) in [6, 6.07) is 9.72. The first-order chi connectivity index (χ1) is 12.1. The minimum Gasteiger partial charge on any atom is -0.491 e. The number of ether oxygens (including phenoxy) is 1. The molecule has 1 aliphatic heterocycles. The van der Waals surface area contributed by atoms with Crippen LogP contribution in [0.1, 0.15) is 32.3 Å². The second kappa shape index (κ2) is 7.70. The molecule has 2 N–H and O–H groups in total. The highest BCUT2D eigenvalue weighted by molar-refractivity contribution is 5.84. The SMILES string of the molecule is CC(C)Oc1ccc(CNC(=O)C2(n3cccn3)CCNCC2)cc1. The Bertz CT molecular complexity index is 674. The van der Waals surface area contributed by atoms with Crippen LogP contribution in [0, 0.1) is 0 Å². The Morgan fingerprint density at radius 2 is 2.04 bits per heavy atom. The Kier molecular flexibility index (Phi) is 5.38. The van der Waals surface area contributed by atoms with Gasteiger partial charge in [0, 0.05) is 18.9 Å². The molecule has 2 aromatic rings. The van der Waals surface area contributed by atoms with Gasteiger partial charge in [-0.2, -0.15) is 5.10 Å². The number of piperidine rings is 1. The van der Waals surface area contributed by atoms with Crippen molar-refractivity contribution >= 4 is 5.91 Å². The van der Waals surface area contributed by atoms with E-state index < -0.39 is 5.54 Å². The molecule has 1 amide bonds. The van der Waals surface area contributed by atoms with Crippen LogP contribution >= 0.6 is 0 Å². The standard InChI is InChI=1S/C19H26N4O2/c1-15(2)25-17-6-4-16(5-7-17)14-21-18(24)19(8-11-20-12-9-19)23-13-3-10-22-23/h3-7,10,13,15,20H,8-9,11-12,14H2,1-2H3,(H,21,24). The average Bonchev–Trinajstić information content (AvgIpc) is 3.16. The predicted octanol–water partition coefficient (Wildman–Crippen LogP) is 2.07. The van der Waals surface area contributed by atoms with Gasteiger partial charge in [0.15, 0.2) is 0 Å². The first kappa shape index (κ1) is 17.5. The fourth-order valence-corrected chi connectivity index (χ4v) is 3.23. The Morgan fingerprint density at radius 1 is 1.32 bits per heavy atom. The first-order valence-corrected chi connectivity index (χ1v) is 8.85. The molecular weight excluding hydrogens is 316 g/mol. The fraction of sp³-hybridized carbons (Fsp3) is 0.474. The van der Waals surface area contributed by atoms with Crippen molar-refractivity contribution in [2.24, 2.45) is 0 Å². The Balaban J connectivity index is 1.66. The molecule has 1 aromatic heterocycles. The number of benzene rings is 1. The number of hydrogen-bond donors (Lipinski definition) is 2. The average molecular weight is 342 g/mol. The number of carbonyl (C=O) groups is 1. The third-order valence-electron chi connectivity index (χ3n) is 4.54. The van der Waals surface area contributed by atoms with Crippen molar-refractivity contribution in [2.45, 2.75) is 44.9 Å². The lowest BCUT2D eigenvalue weighted by molar-refractivity contribution is -0.132. The van der Waals surface area contributed by atoms with Crippen molar-refractivity contribution in [3.8, 4) is 5.75 Å². The third kappa shape index (κ3) is 4.02. The first-order valence-electron chi connectivity index (χ1n) is 8.85. The van der Waals surface area contributed by atoms with Crippen LogP contribution in [0.5, 0.6) is 5.75 Å². The summed E-state index contributed by atoms with van der Waals surface area (Å²) < 4.78 is 7.46. The number of nitrogens with zero attached hydrogens (tertiary/aromatic N) is 2. The van der Waals surface area contributed by atoms with Gasteiger partial charge in [0.05, 0.1) is 6.10 Å². The van der Waals surface area contributed by atoms with Crippen molar-refractivity contribution in [2.75, 3.05) is 13.1 Å². The number of rotatable bonds is 6. The van der Waals surface area contributed by atoms with Gasteiger partial charge in [0.2, 0.25) is 5.91 Å². The largest absolute Gasteiger partial charge is 0.491 e. The Morgan fingerprint density at radius 3 is 2.64 bits per heavy atom. The minimum atomic E-state index is -0.602. The minimum absolute atomic E-state index is 0.0280. The van der Waals surface area contributed by atoms with E-state index in [1.54, 1.807) is 6.20 Å². The molecule has 6 nitrogen and oxygen atoms in total. The molecule has 1 aromatic carbocycles. The molecule has 1 aliphatic rings. The van der Waals surface area contributed by atoms with Gasteiger partial charge in [-0.15, -0.1) is 0 Å². The zero-order valence-electron chi connectivity index (χ0n) is 14.9. The summed E-state index contributed by atoms with van der Waals surface area (Å²) in [6.45, 7) is 6.13. The molecule has 0 aliphatic carbocycles. The van der Waals surface area contributed by atoms with E-state index in [4.69, 9.17) is 4.74 Å². The van der Waals surface area contributed by atoms with Crippen LogP contribution in [0.3, 0.4) is 0 Å². The quantitative estimate of drug-likeness (QED) is 0.843.